The number of alkyl halides is 1. The van der Waals surface area contributed by atoms with Gasteiger partial charge in [-0.1, -0.05) is 31.2 Å². The molecule has 106 valence electrons. The lowest BCUT2D eigenvalue weighted by atomic mass is 9.94. The standard InChI is InChI=1S/C17H21ClN2/c1-12-7-8-13(2)20(11-12)17-16-6-4-3-5-14(16)9-15(10-18)19-17/h3-6,9,12-13H,7-8,10-11H2,1-2H3. The van der Waals surface area contributed by atoms with E-state index in [1.807, 2.05) is 0 Å². The molecule has 2 unspecified atom stereocenters. The molecule has 1 fully saturated rings. The second-order valence-electron chi connectivity index (χ2n) is 5.98. The lowest BCUT2D eigenvalue weighted by Crippen LogP contribution is -2.41. The van der Waals surface area contributed by atoms with Crippen LogP contribution in [0.25, 0.3) is 10.8 Å². The summed E-state index contributed by atoms with van der Waals surface area (Å²) in [5, 5.41) is 2.47. The summed E-state index contributed by atoms with van der Waals surface area (Å²) in [6.45, 7) is 5.71. The van der Waals surface area contributed by atoms with Crippen molar-refractivity contribution in [3.05, 3.63) is 36.0 Å². The molecule has 3 heteroatoms. The van der Waals surface area contributed by atoms with Gasteiger partial charge in [-0.2, -0.15) is 0 Å². The minimum Gasteiger partial charge on any atom is -0.353 e. The highest BCUT2D eigenvalue weighted by atomic mass is 35.5. The first-order chi connectivity index (χ1) is 9.69. The molecule has 0 spiro atoms. The van der Waals surface area contributed by atoms with Gasteiger partial charge in [-0.05, 0) is 37.1 Å². The van der Waals surface area contributed by atoms with Crippen LogP contribution in [0.5, 0.6) is 0 Å². The van der Waals surface area contributed by atoms with Crippen LogP contribution in [0.1, 0.15) is 32.4 Å². The molecule has 2 aromatic rings. The number of nitrogens with zero attached hydrogens (tertiary/aromatic N) is 2. The number of fused-ring (bicyclic) bond motifs is 1. The Morgan fingerprint density at radius 2 is 2.05 bits per heavy atom. The first kappa shape index (κ1) is 13.7. The Morgan fingerprint density at radius 1 is 1.25 bits per heavy atom. The molecule has 1 saturated heterocycles. The van der Waals surface area contributed by atoms with Gasteiger partial charge in [0.25, 0.3) is 0 Å². The zero-order valence-corrected chi connectivity index (χ0v) is 12.9. The van der Waals surface area contributed by atoms with Gasteiger partial charge in [-0.25, -0.2) is 4.98 Å². The highest BCUT2D eigenvalue weighted by Gasteiger charge is 2.25. The molecule has 1 aliphatic heterocycles. The van der Waals surface area contributed by atoms with Crippen molar-refractivity contribution in [3.8, 4) is 0 Å². The van der Waals surface area contributed by atoms with Crippen molar-refractivity contribution in [2.24, 2.45) is 5.92 Å². The summed E-state index contributed by atoms with van der Waals surface area (Å²) < 4.78 is 0. The van der Waals surface area contributed by atoms with E-state index in [1.54, 1.807) is 0 Å². The van der Waals surface area contributed by atoms with Gasteiger partial charge in [0.05, 0.1) is 11.6 Å². The number of hydrogen-bond donors (Lipinski definition) is 0. The van der Waals surface area contributed by atoms with Crippen LogP contribution >= 0.6 is 11.6 Å². The van der Waals surface area contributed by atoms with Crippen molar-refractivity contribution in [3.63, 3.8) is 0 Å². The molecule has 0 aliphatic carbocycles. The summed E-state index contributed by atoms with van der Waals surface area (Å²) in [5.74, 6) is 2.31. The Labute approximate surface area is 125 Å². The summed E-state index contributed by atoms with van der Waals surface area (Å²) in [7, 11) is 0. The molecule has 0 radical (unpaired) electrons. The van der Waals surface area contributed by atoms with Gasteiger partial charge in [0, 0.05) is 18.0 Å². The van der Waals surface area contributed by atoms with E-state index in [2.05, 4.69) is 49.1 Å². The van der Waals surface area contributed by atoms with Gasteiger partial charge < -0.3 is 4.90 Å². The number of hydrogen-bond acceptors (Lipinski definition) is 2. The fourth-order valence-electron chi connectivity index (χ4n) is 3.11. The quantitative estimate of drug-likeness (QED) is 0.751. The van der Waals surface area contributed by atoms with Gasteiger partial charge >= 0.3 is 0 Å². The van der Waals surface area contributed by atoms with Crippen molar-refractivity contribution in [2.45, 2.75) is 38.6 Å². The Hall–Kier alpha value is -1.28. The first-order valence-electron chi connectivity index (χ1n) is 7.40. The van der Waals surface area contributed by atoms with Gasteiger partial charge in [0.2, 0.25) is 0 Å². The third-order valence-electron chi connectivity index (χ3n) is 4.30. The van der Waals surface area contributed by atoms with Crippen LogP contribution < -0.4 is 4.90 Å². The van der Waals surface area contributed by atoms with Gasteiger partial charge in [-0.3, -0.25) is 0 Å². The molecule has 20 heavy (non-hydrogen) atoms. The summed E-state index contributed by atoms with van der Waals surface area (Å²) in [5.41, 5.74) is 0.964. The van der Waals surface area contributed by atoms with E-state index in [9.17, 15) is 0 Å². The predicted octanol–water partition coefficient (Wildman–Crippen LogP) is 4.60. The minimum atomic E-state index is 0.468. The average Bonchev–Trinajstić information content (AvgIpc) is 2.48. The number of pyridine rings is 1. The summed E-state index contributed by atoms with van der Waals surface area (Å²) in [6, 6.07) is 11.1. The maximum absolute atomic E-state index is 6.02. The second-order valence-corrected chi connectivity index (χ2v) is 6.24. The van der Waals surface area contributed by atoms with E-state index in [-0.39, 0.29) is 0 Å². The lowest BCUT2D eigenvalue weighted by molar-refractivity contribution is 0.389. The molecule has 2 atom stereocenters. The summed E-state index contributed by atoms with van der Waals surface area (Å²) >= 11 is 6.02. The number of piperidine rings is 1. The predicted molar refractivity (Wildman–Crippen MR) is 86.5 cm³/mol. The number of aromatic nitrogens is 1. The Balaban J connectivity index is 2.13. The van der Waals surface area contributed by atoms with Crippen molar-refractivity contribution in [2.75, 3.05) is 11.4 Å². The molecule has 2 heterocycles. The van der Waals surface area contributed by atoms with Crippen LogP contribution in [-0.4, -0.2) is 17.6 Å². The number of halogens is 1. The van der Waals surface area contributed by atoms with Crippen LogP contribution in [0.2, 0.25) is 0 Å². The van der Waals surface area contributed by atoms with E-state index in [1.165, 1.54) is 23.6 Å². The lowest BCUT2D eigenvalue weighted by Gasteiger charge is -2.38. The van der Waals surface area contributed by atoms with Crippen molar-refractivity contribution in [1.82, 2.24) is 4.98 Å². The second kappa shape index (κ2) is 5.61. The number of benzene rings is 1. The smallest absolute Gasteiger partial charge is 0.137 e. The van der Waals surface area contributed by atoms with E-state index in [4.69, 9.17) is 16.6 Å². The molecule has 0 saturated carbocycles. The van der Waals surface area contributed by atoms with Crippen LogP contribution in [0.4, 0.5) is 5.82 Å². The molecule has 1 aromatic carbocycles. The van der Waals surface area contributed by atoms with E-state index >= 15 is 0 Å². The molecule has 3 rings (SSSR count). The van der Waals surface area contributed by atoms with Crippen LogP contribution in [0, 0.1) is 5.92 Å². The monoisotopic (exact) mass is 288 g/mol. The molecule has 0 amide bonds. The summed E-state index contributed by atoms with van der Waals surface area (Å²) in [4.78, 5) is 7.29. The summed E-state index contributed by atoms with van der Waals surface area (Å²) in [6.07, 6.45) is 2.55. The molecule has 1 aromatic heterocycles. The largest absolute Gasteiger partial charge is 0.353 e. The first-order valence-corrected chi connectivity index (χ1v) is 7.93. The SMILES string of the molecule is CC1CCC(C)N(c2nc(CCl)cc3ccccc23)C1. The van der Waals surface area contributed by atoms with Gasteiger partial charge in [-0.15, -0.1) is 11.6 Å². The van der Waals surface area contributed by atoms with Crippen molar-refractivity contribution in [1.29, 1.82) is 0 Å². The van der Waals surface area contributed by atoms with Crippen LogP contribution in [-0.2, 0) is 5.88 Å². The topological polar surface area (TPSA) is 16.1 Å². The molecule has 1 aliphatic rings. The molecular weight excluding hydrogens is 268 g/mol. The zero-order chi connectivity index (χ0) is 14.1. The number of rotatable bonds is 2. The normalized spacial score (nSPS) is 23.2. The third kappa shape index (κ3) is 2.49. The number of anilines is 1. The highest BCUT2D eigenvalue weighted by molar-refractivity contribution is 6.17. The molecule has 0 bridgehead atoms. The minimum absolute atomic E-state index is 0.468. The fraction of sp³-hybridized carbons (Fsp3) is 0.471. The third-order valence-corrected chi connectivity index (χ3v) is 4.57. The van der Waals surface area contributed by atoms with Crippen molar-refractivity contribution >= 4 is 28.2 Å². The van der Waals surface area contributed by atoms with Crippen LogP contribution in [0.3, 0.4) is 0 Å². The zero-order valence-electron chi connectivity index (χ0n) is 12.1. The Morgan fingerprint density at radius 3 is 2.85 bits per heavy atom. The fourth-order valence-corrected chi connectivity index (χ4v) is 3.24. The average molecular weight is 289 g/mol. The Kier molecular flexibility index (Phi) is 3.84. The van der Waals surface area contributed by atoms with Gasteiger partial charge in [0.1, 0.15) is 5.82 Å². The highest BCUT2D eigenvalue weighted by Crippen LogP contribution is 2.32. The molecular formula is C17H21ClN2. The van der Waals surface area contributed by atoms with Crippen molar-refractivity contribution < 1.29 is 0 Å². The maximum atomic E-state index is 6.02. The van der Waals surface area contributed by atoms with E-state index in [0.717, 1.165) is 24.0 Å². The Bertz CT molecular complexity index is 611. The molecule has 2 nitrogen and oxygen atoms in total. The van der Waals surface area contributed by atoms with E-state index in [0.29, 0.717) is 11.9 Å². The van der Waals surface area contributed by atoms with Gasteiger partial charge in [0.15, 0.2) is 0 Å². The van der Waals surface area contributed by atoms with E-state index < -0.39 is 0 Å². The van der Waals surface area contributed by atoms with Crippen LogP contribution in [0.15, 0.2) is 30.3 Å². The molecule has 0 N–H and O–H groups in total. The maximum Gasteiger partial charge on any atom is 0.137 e.